The van der Waals surface area contributed by atoms with E-state index < -0.39 is 10.0 Å². The highest BCUT2D eigenvalue weighted by Gasteiger charge is 2.19. The number of hydrogen-bond acceptors (Lipinski definition) is 4. The van der Waals surface area contributed by atoms with Crippen molar-refractivity contribution >= 4 is 15.7 Å². The Balaban J connectivity index is 1.80. The van der Waals surface area contributed by atoms with Crippen LogP contribution in [0.25, 0.3) is 0 Å². The molecule has 0 aliphatic heterocycles. The number of anilines is 1. The van der Waals surface area contributed by atoms with Crippen LogP contribution in [0.2, 0.25) is 0 Å². The Morgan fingerprint density at radius 2 is 1.90 bits per heavy atom. The summed E-state index contributed by atoms with van der Waals surface area (Å²) < 4.78 is 31.6. The van der Waals surface area contributed by atoms with E-state index >= 15 is 0 Å². The SMILES string of the molecule is CC(C)OCCS(=O)(=O)Nc1ccc(CNC2CC2)cc1. The average molecular weight is 312 g/mol. The fraction of sp³-hybridized carbons (Fsp3) is 0.600. The second kappa shape index (κ2) is 7.24. The molecule has 0 bridgehead atoms. The molecule has 1 fully saturated rings. The van der Waals surface area contributed by atoms with Crippen molar-refractivity contribution in [2.24, 2.45) is 0 Å². The molecule has 6 heteroatoms. The van der Waals surface area contributed by atoms with E-state index in [0.29, 0.717) is 11.7 Å². The summed E-state index contributed by atoms with van der Waals surface area (Å²) in [4.78, 5) is 0. The molecule has 0 amide bonds. The maximum absolute atomic E-state index is 11.9. The zero-order valence-corrected chi connectivity index (χ0v) is 13.4. The van der Waals surface area contributed by atoms with Crippen LogP contribution >= 0.6 is 0 Å². The zero-order chi connectivity index (χ0) is 15.3. The van der Waals surface area contributed by atoms with Crippen LogP contribution in [0.5, 0.6) is 0 Å². The van der Waals surface area contributed by atoms with Gasteiger partial charge in [0.1, 0.15) is 0 Å². The van der Waals surface area contributed by atoms with Crippen molar-refractivity contribution in [3.8, 4) is 0 Å². The molecule has 21 heavy (non-hydrogen) atoms. The van der Waals surface area contributed by atoms with Crippen molar-refractivity contribution in [2.75, 3.05) is 17.1 Å². The van der Waals surface area contributed by atoms with Gasteiger partial charge in [0.05, 0.1) is 18.5 Å². The van der Waals surface area contributed by atoms with E-state index in [0.717, 1.165) is 12.1 Å². The number of hydrogen-bond donors (Lipinski definition) is 2. The molecule has 0 atom stereocenters. The second-order valence-corrected chi connectivity index (χ2v) is 7.53. The van der Waals surface area contributed by atoms with Gasteiger partial charge in [-0.15, -0.1) is 0 Å². The van der Waals surface area contributed by atoms with Crippen LogP contribution in [-0.4, -0.2) is 32.9 Å². The summed E-state index contributed by atoms with van der Waals surface area (Å²) in [7, 11) is -3.35. The number of ether oxygens (including phenoxy) is 1. The Hall–Kier alpha value is -1.11. The standard InChI is InChI=1S/C15H24N2O3S/c1-12(2)20-9-10-21(18,19)17-15-5-3-13(4-6-15)11-16-14-7-8-14/h3-6,12,14,16-17H,7-11H2,1-2H3. The van der Waals surface area contributed by atoms with E-state index in [-0.39, 0.29) is 18.5 Å². The number of benzene rings is 1. The molecular weight excluding hydrogens is 288 g/mol. The summed E-state index contributed by atoms with van der Waals surface area (Å²) in [5.74, 6) is -0.0316. The molecule has 0 unspecified atom stereocenters. The van der Waals surface area contributed by atoms with Gasteiger partial charge >= 0.3 is 0 Å². The molecule has 0 spiro atoms. The van der Waals surface area contributed by atoms with Gasteiger partial charge in [-0.25, -0.2) is 8.42 Å². The minimum atomic E-state index is -3.35. The first-order valence-electron chi connectivity index (χ1n) is 7.39. The van der Waals surface area contributed by atoms with Gasteiger partial charge in [0.2, 0.25) is 10.0 Å². The second-order valence-electron chi connectivity index (χ2n) is 5.69. The van der Waals surface area contributed by atoms with Crippen molar-refractivity contribution in [1.29, 1.82) is 0 Å². The Morgan fingerprint density at radius 3 is 2.48 bits per heavy atom. The lowest BCUT2D eigenvalue weighted by Gasteiger charge is -2.11. The lowest BCUT2D eigenvalue weighted by atomic mass is 10.2. The zero-order valence-electron chi connectivity index (χ0n) is 12.6. The molecule has 1 saturated carbocycles. The van der Waals surface area contributed by atoms with Gasteiger partial charge in [-0.2, -0.15) is 0 Å². The minimum Gasteiger partial charge on any atom is -0.378 e. The maximum atomic E-state index is 11.9. The maximum Gasteiger partial charge on any atom is 0.234 e. The van der Waals surface area contributed by atoms with E-state index in [1.807, 2.05) is 26.0 Å². The molecule has 0 radical (unpaired) electrons. The molecule has 1 aliphatic carbocycles. The quantitative estimate of drug-likeness (QED) is 0.733. The van der Waals surface area contributed by atoms with E-state index in [1.54, 1.807) is 12.1 Å². The van der Waals surface area contributed by atoms with Gasteiger partial charge in [-0.1, -0.05) is 12.1 Å². The summed E-state index contributed by atoms with van der Waals surface area (Å²) in [6.45, 7) is 4.80. The Labute approximate surface area is 127 Å². The van der Waals surface area contributed by atoms with Gasteiger partial charge in [-0.3, -0.25) is 4.72 Å². The van der Waals surface area contributed by atoms with Gasteiger partial charge in [0.25, 0.3) is 0 Å². The highest BCUT2D eigenvalue weighted by molar-refractivity contribution is 7.92. The molecule has 1 aromatic carbocycles. The fourth-order valence-electron chi connectivity index (χ4n) is 1.86. The lowest BCUT2D eigenvalue weighted by molar-refractivity contribution is 0.0913. The van der Waals surface area contributed by atoms with E-state index in [1.165, 1.54) is 12.8 Å². The summed E-state index contributed by atoms with van der Waals surface area (Å²) in [5.41, 5.74) is 1.75. The third kappa shape index (κ3) is 6.46. The van der Waals surface area contributed by atoms with Crippen molar-refractivity contribution in [1.82, 2.24) is 5.32 Å². The normalized spacial score (nSPS) is 15.4. The largest absolute Gasteiger partial charge is 0.378 e. The predicted molar refractivity (Wildman–Crippen MR) is 84.8 cm³/mol. The first kappa shape index (κ1) is 16.3. The number of sulfonamides is 1. The fourth-order valence-corrected chi connectivity index (χ4v) is 2.78. The summed E-state index contributed by atoms with van der Waals surface area (Å²) in [5, 5.41) is 3.42. The van der Waals surface area contributed by atoms with E-state index in [9.17, 15) is 8.42 Å². The molecule has 5 nitrogen and oxygen atoms in total. The molecular formula is C15H24N2O3S. The Kier molecular flexibility index (Phi) is 5.61. The third-order valence-electron chi connectivity index (χ3n) is 3.20. The number of rotatable bonds is 9. The average Bonchev–Trinajstić information content (AvgIpc) is 3.21. The van der Waals surface area contributed by atoms with Gasteiger partial charge in [0.15, 0.2) is 0 Å². The molecule has 2 N–H and O–H groups in total. The molecule has 1 aromatic rings. The van der Waals surface area contributed by atoms with Crippen molar-refractivity contribution < 1.29 is 13.2 Å². The molecule has 1 aliphatic rings. The van der Waals surface area contributed by atoms with Gasteiger partial charge in [-0.05, 0) is 44.4 Å². The monoisotopic (exact) mass is 312 g/mol. The molecule has 0 heterocycles. The minimum absolute atomic E-state index is 0.0316. The summed E-state index contributed by atoms with van der Waals surface area (Å²) in [6, 6.07) is 8.15. The third-order valence-corrected chi connectivity index (χ3v) is 4.45. The smallest absolute Gasteiger partial charge is 0.234 e. The molecule has 0 saturated heterocycles. The Bertz CT molecular complexity index is 537. The predicted octanol–water partition coefficient (Wildman–Crippen LogP) is 2.11. The van der Waals surface area contributed by atoms with Crippen molar-refractivity contribution in [2.45, 2.75) is 45.4 Å². The summed E-state index contributed by atoms with van der Waals surface area (Å²) in [6.07, 6.45) is 2.56. The molecule has 118 valence electrons. The molecule has 0 aromatic heterocycles. The van der Waals surface area contributed by atoms with Crippen LogP contribution in [0.1, 0.15) is 32.3 Å². The van der Waals surface area contributed by atoms with E-state index in [4.69, 9.17) is 4.74 Å². The van der Waals surface area contributed by atoms with Crippen LogP contribution in [0.4, 0.5) is 5.69 Å². The number of nitrogens with one attached hydrogen (secondary N) is 2. The lowest BCUT2D eigenvalue weighted by Crippen LogP contribution is -2.21. The first-order chi connectivity index (χ1) is 9.94. The highest BCUT2D eigenvalue weighted by Crippen LogP contribution is 2.19. The van der Waals surface area contributed by atoms with Crippen LogP contribution in [-0.2, 0) is 21.3 Å². The van der Waals surface area contributed by atoms with Gasteiger partial charge < -0.3 is 10.1 Å². The van der Waals surface area contributed by atoms with Crippen LogP contribution < -0.4 is 10.0 Å². The topological polar surface area (TPSA) is 67.4 Å². The molecule has 2 rings (SSSR count). The van der Waals surface area contributed by atoms with Crippen LogP contribution in [0.15, 0.2) is 24.3 Å². The van der Waals surface area contributed by atoms with Crippen molar-refractivity contribution in [3.63, 3.8) is 0 Å². The first-order valence-corrected chi connectivity index (χ1v) is 9.04. The highest BCUT2D eigenvalue weighted by atomic mass is 32.2. The Morgan fingerprint density at radius 1 is 1.24 bits per heavy atom. The summed E-state index contributed by atoms with van der Waals surface area (Å²) >= 11 is 0. The van der Waals surface area contributed by atoms with E-state index in [2.05, 4.69) is 10.0 Å². The van der Waals surface area contributed by atoms with Gasteiger partial charge in [0, 0.05) is 18.3 Å². The van der Waals surface area contributed by atoms with Crippen LogP contribution in [0, 0.1) is 0 Å². The van der Waals surface area contributed by atoms with Crippen LogP contribution in [0.3, 0.4) is 0 Å². The van der Waals surface area contributed by atoms with Crippen molar-refractivity contribution in [3.05, 3.63) is 29.8 Å².